The fourth-order valence-electron chi connectivity index (χ4n) is 3.61. The van der Waals surface area contributed by atoms with Crippen LogP contribution in [-0.4, -0.2) is 57.9 Å². The lowest BCUT2D eigenvalue weighted by Crippen LogP contribution is -3.16. The topological polar surface area (TPSA) is 55.2 Å². The van der Waals surface area contributed by atoms with Crippen molar-refractivity contribution in [2.24, 2.45) is 0 Å². The van der Waals surface area contributed by atoms with Crippen molar-refractivity contribution in [3.05, 3.63) is 53.6 Å². The van der Waals surface area contributed by atoms with Crippen LogP contribution in [0.15, 0.2) is 48.5 Å². The number of piperazine rings is 1. The zero-order valence-electron chi connectivity index (χ0n) is 15.7. The molecule has 0 aliphatic carbocycles. The number of carbonyl (C=O) groups is 1. The molecule has 0 radical (unpaired) electrons. The molecule has 28 heavy (non-hydrogen) atoms. The molecule has 6 nitrogen and oxygen atoms in total. The van der Waals surface area contributed by atoms with Crippen molar-refractivity contribution in [3.63, 3.8) is 0 Å². The fourth-order valence-corrected chi connectivity index (χ4v) is 3.80. The summed E-state index contributed by atoms with van der Waals surface area (Å²) in [6.07, 6.45) is -0.159. The molecule has 1 fully saturated rings. The molecule has 2 heterocycles. The monoisotopic (exact) mass is 402 g/mol. The van der Waals surface area contributed by atoms with Crippen molar-refractivity contribution in [2.75, 3.05) is 50.8 Å². The van der Waals surface area contributed by atoms with E-state index in [2.05, 4.69) is 16.3 Å². The average Bonchev–Trinajstić information content (AvgIpc) is 2.73. The molecule has 2 aliphatic rings. The number of nitrogens with one attached hydrogen (secondary N) is 2. The van der Waals surface area contributed by atoms with Gasteiger partial charge in [0.25, 0.3) is 5.91 Å². The SMILES string of the molecule is O=C(C[NH+]1CCN(c2cccc(Cl)c2)CC1)NC[C@@H]1COc2ccccc2O1. The third-order valence-corrected chi connectivity index (χ3v) is 5.38. The van der Waals surface area contributed by atoms with Crippen molar-refractivity contribution < 1.29 is 19.2 Å². The van der Waals surface area contributed by atoms with Gasteiger partial charge in [0.2, 0.25) is 0 Å². The molecule has 2 N–H and O–H groups in total. The number of halogens is 1. The highest BCUT2D eigenvalue weighted by Gasteiger charge is 2.24. The number of amides is 1. The number of nitrogens with zero attached hydrogens (tertiary/aromatic N) is 1. The van der Waals surface area contributed by atoms with Crippen molar-refractivity contribution in [1.29, 1.82) is 0 Å². The molecule has 2 aromatic rings. The summed E-state index contributed by atoms with van der Waals surface area (Å²) < 4.78 is 11.6. The number of anilines is 1. The first-order valence-corrected chi connectivity index (χ1v) is 10.0. The number of ether oxygens (including phenoxy) is 2. The zero-order valence-corrected chi connectivity index (χ0v) is 16.5. The summed E-state index contributed by atoms with van der Waals surface area (Å²) in [5, 5.41) is 3.74. The van der Waals surface area contributed by atoms with Crippen LogP contribution < -0.4 is 24.6 Å². The van der Waals surface area contributed by atoms with Crippen LogP contribution in [0, 0.1) is 0 Å². The molecule has 1 atom stereocenters. The molecule has 4 rings (SSSR count). The van der Waals surface area contributed by atoms with E-state index in [1.165, 1.54) is 4.90 Å². The van der Waals surface area contributed by atoms with Gasteiger partial charge in [-0.15, -0.1) is 0 Å². The second kappa shape index (κ2) is 8.71. The van der Waals surface area contributed by atoms with Gasteiger partial charge in [-0.25, -0.2) is 0 Å². The van der Waals surface area contributed by atoms with Crippen molar-refractivity contribution in [1.82, 2.24) is 5.32 Å². The number of fused-ring (bicyclic) bond motifs is 1. The normalized spacial score (nSPS) is 19.3. The van der Waals surface area contributed by atoms with Crippen LogP contribution in [0.4, 0.5) is 5.69 Å². The molecule has 2 aliphatic heterocycles. The summed E-state index contributed by atoms with van der Waals surface area (Å²) in [6, 6.07) is 15.5. The van der Waals surface area contributed by atoms with Crippen LogP contribution in [0.5, 0.6) is 11.5 Å². The summed E-state index contributed by atoms with van der Waals surface area (Å²) in [4.78, 5) is 15.9. The summed E-state index contributed by atoms with van der Waals surface area (Å²) in [5.74, 6) is 1.54. The molecule has 7 heteroatoms. The number of para-hydroxylation sites is 2. The Labute approximate surface area is 170 Å². The van der Waals surface area contributed by atoms with E-state index in [1.54, 1.807) is 0 Å². The largest absolute Gasteiger partial charge is 0.486 e. The second-order valence-corrected chi connectivity index (χ2v) is 7.63. The van der Waals surface area contributed by atoms with E-state index in [1.807, 2.05) is 42.5 Å². The van der Waals surface area contributed by atoms with Crippen LogP contribution in [0.25, 0.3) is 0 Å². The third kappa shape index (κ3) is 4.69. The van der Waals surface area contributed by atoms with Gasteiger partial charge in [-0.3, -0.25) is 4.79 Å². The number of rotatable bonds is 5. The van der Waals surface area contributed by atoms with Crippen LogP contribution in [0.1, 0.15) is 0 Å². The van der Waals surface area contributed by atoms with Gasteiger partial charge in [0.15, 0.2) is 18.0 Å². The Morgan fingerprint density at radius 1 is 1.14 bits per heavy atom. The second-order valence-electron chi connectivity index (χ2n) is 7.20. The number of hydrogen-bond acceptors (Lipinski definition) is 4. The predicted molar refractivity (Wildman–Crippen MR) is 109 cm³/mol. The lowest BCUT2D eigenvalue weighted by atomic mass is 10.2. The molecular weight excluding hydrogens is 378 g/mol. The lowest BCUT2D eigenvalue weighted by molar-refractivity contribution is -0.892. The Balaban J connectivity index is 1.19. The van der Waals surface area contributed by atoms with Gasteiger partial charge in [0.05, 0.1) is 32.7 Å². The summed E-state index contributed by atoms with van der Waals surface area (Å²) in [5.41, 5.74) is 1.14. The first-order valence-electron chi connectivity index (χ1n) is 9.66. The van der Waals surface area contributed by atoms with Crippen LogP contribution >= 0.6 is 11.6 Å². The smallest absolute Gasteiger partial charge is 0.275 e. The minimum atomic E-state index is -0.159. The Morgan fingerprint density at radius 2 is 1.93 bits per heavy atom. The third-order valence-electron chi connectivity index (χ3n) is 5.15. The van der Waals surface area contributed by atoms with E-state index in [9.17, 15) is 4.79 Å². The number of quaternary nitrogens is 1. The van der Waals surface area contributed by atoms with E-state index in [0.717, 1.165) is 48.4 Å². The Morgan fingerprint density at radius 3 is 2.71 bits per heavy atom. The van der Waals surface area contributed by atoms with Gasteiger partial charge < -0.3 is 24.6 Å². The maximum atomic E-state index is 12.3. The first kappa shape index (κ1) is 18.9. The average molecular weight is 403 g/mol. The highest BCUT2D eigenvalue weighted by atomic mass is 35.5. The Hall–Kier alpha value is -2.44. The minimum Gasteiger partial charge on any atom is -0.486 e. The van der Waals surface area contributed by atoms with Crippen LogP contribution in [0.3, 0.4) is 0 Å². The van der Waals surface area contributed by atoms with Crippen molar-refractivity contribution in [3.8, 4) is 11.5 Å². The van der Waals surface area contributed by atoms with Gasteiger partial charge in [-0.05, 0) is 30.3 Å². The zero-order chi connectivity index (χ0) is 19.3. The molecule has 0 bridgehead atoms. The van der Waals surface area contributed by atoms with Gasteiger partial charge in [-0.1, -0.05) is 29.8 Å². The van der Waals surface area contributed by atoms with E-state index in [0.29, 0.717) is 19.7 Å². The standard InChI is InChI=1S/C21H24ClN3O3/c22-16-4-3-5-17(12-16)25-10-8-24(9-11-25)14-21(26)23-13-18-15-27-19-6-1-2-7-20(19)28-18/h1-7,12,18H,8-11,13-15H2,(H,23,26)/p+1/t18-/m1/s1. The van der Waals surface area contributed by atoms with Gasteiger partial charge in [-0.2, -0.15) is 0 Å². The lowest BCUT2D eigenvalue weighted by Gasteiger charge is -2.33. The molecule has 2 aromatic carbocycles. The Kier molecular flexibility index (Phi) is 5.88. The minimum absolute atomic E-state index is 0.0497. The molecule has 1 amide bonds. The van der Waals surface area contributed by atoms with E-state index in [-0.39, 0.29) is 12.0 Å². The van der Waals surface area contributed by atoms with Gasteiger partial charge >= 0.3 is 0 Å². The van der Waals surface area contributed by atoms with Crippen molar-refractivity contribution >= 4 is 23.2 Å². The van der Waals surface area contributed by atoms with E-state index >= 15 is 0 Å². The molecule has 0 spiro atoms. The maximum Gasteiger partial charge on any atom is 0.275 e. The summed E-state index contributed by atoms with van der Waals surface area (Å²) >= 11 is 6.08. The number of benzene rings is 2. The van der Waals surface area contributed by atoms with E-state index < -0.39 is 0 Å². The molecular formula is C21H25ClN3O3+. The summed E-state index contributed by atoms with van der Waals surface area (Å²) in [6.45, 7) is 5.07. The fraction of sp³-hybridized carbons (Fsp3) is 0.381. The van der Waals surface area contributed by atoms with E-state index in [4.69, 9.17) is 21.1 Å². The molecule has 1 saturated heterocycles. The predicted octanol–water partition coefficient (Wildman–Crippen LogP) is 1.00. The quantitative estimate of drug-likeness (QED) is 0.783. The maximum absolute atomic E-state index is 12.3. The molecule has 148 valence electrons. The van der Waals surface area contributed by atoms with Gasteiger partial charge in [0.1, 0.15) is 12.7 Å². The highest BCUT2D eigenvalue weighted by Crippen LogP contribution is 2.30. The number of hydrogen-bond donors (Lipinski definition) is 2. The molecule has 0 aromatic heterocycles. The Bertz CT molecular complexity index is 824. The van der Waals surface area contributed by atoms with Crippen LogP contribution in [0.2, 0.25) is 5.02 Å². The highest BCUT2D eigenvalue weighted by molar-refractivity contribution is 6.30. The molecule has 0 saturated carbocycles. The molecule has 0 unspecified atom stereocenters. The van der Waals surface area contributed by atoms with Gasteiger partial charge in [0, 0.05) is 10.7 Å². The van der Waals surface area contributed by atoms with Crippen molar-refractivity contribution in [2.45, 2.75) is 6.10 Å². The summed E-state index contributed by atoms with van der Waals surface area (Å²) in [7, 11) is 0. The number of carbonyl (C=O) groups excluding carboxylic acids is 1. The van der Waals surface area contributed by atoms with Crippen LogP contribution in [-0.2, 0) is 4.79 Å². The first-order chi connectivity index (χ1) is 13.7.